The summed E-state index contributed by atoms with van der Waals surface area (Å²) in [4.78, 5) is 5.04. The summed E-state index contributed by atoms with van der Waals surface area (Å²) < 4.78 is 5.80. The molecular formula is C15H27N3O. The smallest absolute Gasteiger partial charge is 0.118 e. The first-order valence-corrected chi connectivity index (χ1v) is 7.46. The first kappa shape index (κ1) is 14.6. The van der Waals surface area contributed by atoms with Gasteiger partial charge in [0.15, 0.2) is 0 Å². The second kappa shape index (κ2) is 7.08. The van der Waals surface area contributed by atoms with E-state index in [0.717, 1.165) is 31.2 Å². The van der Waals surface area contributed by atoms with Crippen LogP contribution in [0.15, 0.2) is 10.5 Å². The Labute approximate surface area is 116 Å². The largest absolute Gasteiger partial charge is 0.465 e. The Morgan fingerprint density at radius 3 is 2.47 bits per heavy atom. The molecule has 2 rings (SSSR count). The first-order valence-electron chi connectivity index (χ1n) is 7.46. The number of piperazine rings is 1. The molecule has 1 aliphatic heterocycles. The van der Waals surface area contributed by atoms with Crippen molar-refractivity contribution in [1.29, 1.82) is 0 Å². The second-order valence-corrected chi connectivity index (χ2v) is 5.28. The number of hydrogen-bond acceptors (Lipinski definition) is 4. The SMILES string of the molecule is CCNCc1cc(CN2CCN(CC)CC2)c(C)o1. The van der Waals surface area contributed by atoms with E-state index in [1.54, 1.807) is 0 Å². The van der Waals surface area contributed by atoms with Crippen molar-refractivity contribution in [3.05, 3.63) is 23.2 Å². The molecule has 4 heteroatoms. The van der Waals surface area contributed by atoms with Crippen molar-refractivity contribution in [3.8, 4) is 0 Å². The molecule has 0 amide bonds. The molecule has 1 aliphatic rings. The van der Waals surface area contributed by atoms with E-state index in [2.05, 4.69) is 42.0 Å². The normalized spacial score (nSPS) is 18.1. The van der Waals surface area contributed by atoms with Gasteiger partial charge < -0.3 is 14.6 Å². The fourth-order valence-corrected chi connectivity index (χ4v) is 2.58. The predicted molar refractivity (Wildman–Crippen MR) is 78.2 cm³/mol. The summed E-state index contributed by atoms with van der Waals surface area (Å²) >= 11 is 0. The number of hydrogen-bond donors (Lipinski definition) is 1. The molecule has 0 aromatic carbocycles. The predicted octanol–water partition coefficient (Wildman–Crippen LogP) is 1.84. The van der Waals surface area contributed by atoms with E-state index < -0.39 is 0 Å². The lowest BCUT2D eigenvalue weighted by atomic mass is 10.2. The van der Waals surface area contributed by atoms with Crippen LogP contribution in [-0.4, -0.2) is 49.1 Å². The van der Waals surface area contributed by atoms with Gasteiger partial charge in [-0.05, 0) is 26.1 Å². The van der Waals surface area contributed by atoms with Crippen molar-refractivity contribution in [1.82, 2.24) is 15.1 Å². The van der Waals surface area contributed by atoms with Crippen LogP contribution in [0.1, 0.15) is 30.9 Å². The summed E-state index contributed by atoms with van der Waals surface area (Å²) in [6.45, 7) is 15.2. The molecule has 1 fully saturated rings. The average molecular weight is 265 g/mol. The van der Waals surface area contributed by atoms with E-state index in [9.17, 15) is 0 Å². The number of likely N-dealkylation sites (N-methyl/N-ethyl adjacent to an activating group) is 1. The molecule has 1 saturated heterocycles. The molecule has 1 N–H and O–H groups in total. The van der Waals surface area contributed by atoms with Crippen molar-refractivity contribution >= 4 is 0 Å². The van der Waals surface area contributed by atoms with E-state index >= 15 is 0 Å². The summed E-state index contributed by atoms with van der Waals surface area (Å²) in [5, 5.41) is 3.31. The third-order valence-corrected chi connectivity index (χ3v) is 3.93. The Kier molecular flexibility index (Phi) is 5.43. The highest BCUT2D eigenvalue weighted by molar-refractivity contribution is 5.20. The van der Waals surface area contributed by atoms with Gasteiger partial charge in [-0.2, -0.15) is 0 Å². The molecule has 108 valence electrons. The average Bonchev–Trinajstić information content (AvgIpc) is 2.78. The highest BCUT2D eigenvalue weighted by Crippen LogP contribution is 2.17. The van der Waals surface area contributed by atoms with Crippen LogP contribution < -0.4 is 5.32 Å². The van der Waals surface area contributed by atoms with E-state index in [-0.39, 0.29) is 0 Å². The maximum atomic E-state index is 5.80. The number of nitrogens with zero attached hydrogens (tertiary/aromatic N) is 2. The molecule has 4 nitrogen and oxygen atoms in total. The fraction of sp³-hybridized carbons (Fsp3) is 0.733. The number of nitrogens with one attached hydrogen (secondary N) is 1. The lowest BCUT2D eigenvalue weighted by molar-refractivity contribution is 0.131. The minimum Gasteiger partial charge on any atom is -0.465 e. The maximum absolute atomic E-state index is 5.80. The summed E-state index contributed by atoms with van der Waals surface area (Å²) in [6.07, 6.45) is 0. The van der Waals surface area contributed by atoms with Gasteiger partial charge in [-0.15, -0.1) is 0 Å². The minimum atomic E-state index is 0.834. The van der Waals surface area contributed by atoms with Crippen LogP contribution in [0.25, 0.3) is 0 Å². The van der Waals surface area contributed by atoms with Crippen LogP contribution in [0.5, 0.6) is 0 Å². The van der Waals surface area contributed by atoms with Gasteiger partial charge in [0.2, 0.25) is 0 Å². The van der Waals surface area contributed by atoms with Gasteiger partial charge in [0.1, 0.15) is 11.5 Å². The first-order chi connectivity index (χ1) is 9.22. The molecule has 0 bridgehead atoms. The molecule has 0 radical (unpaired) electrons. The molecule has 0 saturated carbocycles. The molecule has 19 heavy (non-hydrogen) atoms. The van der Waals surface area contributed by atoms with E-state index in [4.69, 9.17) is 4.42 Å². The lowest BCUT2D eigenvalue weighted by Gasteiger charge is -2.33. The van der Waals surface area contributed by atoms with Crippen LogP contribution in [0.4, 0.5) is 0 Å². The van der Waals surface area contributed by atoms with E-state index in [1.165, 1.54) is 38.3 Å². The molecule has 0 unspecified atom stereocenters. The Morgan fingerprint density at radius 2 is 1.84 bits per heavy atom. The van der Waals surface area contributed by atoms with Crippen LogP contribution >= 0.6 is 0 Å². The Balaban J connectivity index is 1.87. The van der Waals surface area contributed by atoms with Gasteiger partial charge in [-0.3, -0.25) is 4.90 Å². The van der Waals surface area contributed by atoms with Gasteiger partial charge in [0.25, 0.3) is 0 Å². The summed E-state index contributed by atoms with van der Waals surface area (Å²) in [6, 6.07) is 2.21. The van der Waals surface area contributed by atoms with Crippen LogP contribution in [-0.2, 0) is 13.1 Å². The van der Waals surface area contributed by atoms with Crippen LogP contribution in [0, 0.1) is 6.92 Å². The summed E-state index contributed by atoms with van der Waals surface area (Å²) in [7, 11) is 0. The third kappa shape index (κ3) is 4.06. The Bertz CT molecular complexity index is 381. The van der Waals surface area contributed by atoms with Gasteiger partial charge >= 0.3 is 0 Å². The Hall–Kier alpha value is -0.840. The van der Waals surface area contributed by atoms with Crippen molar-refractivity contribution in [2.45, 2.75) is 33.9 Å². The highest BCUT2D eigenvalue weighted by atomic mass is 16.3. The molecule has 1 aromatic rings. The van der Waals surface area contributed by atoms with Crippen LogP contribution in [0.2, 0.25) is 0 Å². The summed E-state index contributed by atoms with van der Waals surface area (Å²) in [5.41, 5.74) is 1.35. The van der Waals surface area contributed by atoms with E-state index in [1.807, 2.05) is 0 Å². The topological polar surface area (TPSA) is 31.6 Å². The molecular weight excluding hydrogens is 238 g/mol. The maximum Gasteiger partial charge on any atom is 0.118 e. The number of rotatable bonds is 6. The van der Waals surface area contributed by atoms with Crippen LogP contribution in [0.3, 0.4) is 0 Å². The second-order valence-electron chi connectivity index (χ2n) is 5.28. The number of aryl methyl sites for hydroxylation is 1. The van der Waals surface area contributed by atoms with Crippen molar-refractivity contribution in [3.63, 3.8) is 0 Å². The lowest BCUT2D eigenvalue weighted by Crippen LogP contribution is -2.45. The van der Waals surface area contributed by atoms with Gasteiger partial charge in [0.05, 0.1) is 6.54 Å². The monoisotopic (exact) mass is 265 g/mol. The van der Waals surface area contributed by atoms with E-state index in [0.29, 0.717) is 0 Å². The van der Waals surface area contributed by atoms with Gasteiger partial charge in [-0.25, -0.2) is 0 Å². The zero-order chi connectivity index (χ0) is 13.7. The van der Waals surface area contributed by atoms with Crippen molar-refractivity contribution < 1.29 is 4.42 Å². The molecule has 0 aliphatic carbocycles. The minimum absolute atomic E-state index is 0.834. The Morgan fingerprint density at radius 1 is 1.16 bits per heavy atom. The summed E-state index contributed by atoms with van der Waals surface area (Å²) in [5.74, 6) is 2.13. The van der Waals surface area contributed by atoms with Crippen molar-refractivity contribution in [2.24, 2.45) is 0 Å². The zero-order valence-electron chi connectivity index (χ0n) is 12.5. The molecule has 0 spiro atoms. The quantitative estimate of drug-likeness (QED) is 0.850. The number of furan rings is 1. The molecule has 1 aromatic heterocycles. The fourth-order valence-electron chi connectivity index (χ4n) is 2.58. The van der Waals surface area contributed by atoms with Crippen molar-refractivity contribution in [2.75, 3.05) is 39.3 Å². The molecule has 0 atom stereocenters. The standard InChI is InChI=1S/C15H27N3O/c1-4-16-11-15-10-14(13(3)19-15)12-18-8-6-17(5-2)7-9-18/h10,16H,4-9,11-12H2,1-3H3. The highest BCUT2D eigenvalue weighted by Gasteiger charge is 2.17. The van der Waals surface area contributed by atoms with Gasteiger partial charge in [0, 0.05) is 38.3 Å². The molecule has 2 heterocycles. The third-order valence-electron chi connectivity index (χ3n) is 3.93. The zero-order valence-corrected chi connectivity index (χ0v) is 12.5. The van der Waals surface area contributed by atoms with Gasteiger partial charge in [-0.1, -0.05) is 13.8 Å².